The zero-order chi connectivity index (χ0) is 15.6. The van der Waals surface area contributed by atoms with Crippen LogP contribution < -0.4 is 16.0 Å². The number of hydrogen-bond donors (Lipinski definition) is 2. The van der Waals surface area contributed by atoms with E-state index in [4.69, 9.17) is 10.6 Å². The number of nitro groups is 1. The molecule has 0 aliphatic carbocycles. The number of anilines is 1. The molecular formula is C13H15N5O3. The fourth-order valence-corrected chi connectivity index (χ4v) is 1.90. The van der Waals surface area contributed by atoms with E-state index in [0.717, 1.165) is 11.1 Å². The Bertz CT molecular complexity index is 702. The van der Waals surface area contributed by atoms with Gasteiger partial charge >= 0.3 is 11.6 Å². The third-order valence-corrected chi connectivity index (χ3v) is 2.88. The molecule has 0 spiro atoms. The van der Waals surface area contributed by atoms with Crippen LogP contribution in [0.15, 0.2) is 18.2 Å². The number of hydrogen-bond acceptors (Lipinski definition) is 7. The highest BCUT2D eigenvalue weighted by Crippen LogP contribution is 2.33. The van der Waals surface area contributed by atoms with Crippen LogP contribution in [0.4, 0.5) is 11.6 Å². The van der Waals surface area contributed by atoms with E-state index >= 15 is 0 Å². The van der Waals surface area contributed by atoms with Crippen molar-refractivity contribution in [3.8, 4) is 11.6 Å². The summed E-state index contributed by atoms with van der Waals surface area (Å²) in [5.41, 5.74) is 4.06. The molecule has 2 aromatic rings. The Kier molecular flexibility index (Phi) is 3.99. The summed E-state index contributed by atoms with van der Waals surface area (Å²) in [4.78, 5) is 18.4. The van der Waals surface area contributed by atoms with Crippen molar-refractivity contribution in [2.24, 2.45) is 5.84 Å². The Hall–Kier alpha value is -2.74. The third kappa shape index (κ3) is 3.06. The standard InChI is InChI=1S/C13H15N5O3/c1-7-4-5-10(8(2)6-7)21-12-11(18(19)20)9(3)15-13(16-12)17-14/h4-6H,14H2,1-3H3,(H,15,16,17). The molecular weight excluding hydrogens is 274 g/mol. The molecule has 0 aliphatic heterocycles. The van der Waals surface area contributed by atoms with Gasteiger partial charge in [-0.1, -0.05) is 17.7 Å². The maximum Gasteiger partial charge on any atom is 0.352 e. The molecule has 0 saturated heterocycles. The van der Waals surface area contributed by atoms with E-state index in [0.29, 0.717) is 5.75 Å². The highest BCUT2D eigenvalue weighted by molar-refractivity contribution is 5.51. The molecule has 2 rings (SSSR count). The number of nitrogens with zero attached hydrogens (tertiary/aromatic N) is 3. The Morgan fingerprint density at radius 1 is 1.29 bits per heavy atom. The molecule has 1 heterocycles. The van der Waals surface area contributed by atoms with E-state index in [1.54, 1.807) is 6.07 Å². The van der Waals surface area contributed by atoms with Crippen LogP contribution in [0.1, 0.15) is 16.8 Å². The monoisotopic (exact) mass is 289 g/mol. The maximum atomic E-state index is 11.2. The summed E-state index contributed by atoms with van der Waals surface area (Å²) < 4.78 is 5.59. The van der Waals surface area contributed by atoms with Gasteiger partial charge in [-0.25, -0.2) is 10.8 Å². The van der Waals surface area contributed by atoms with E-state index in [1.165, 1.54) is 6.92 Å². The number of rotatable bonds is 4. The average molecular weight is 289 g/mol. The molecule has 3 N–H and O–H groups in total. The minimum absolute atomic E-state index is 0.0536. The molecule has 0 atom stereocenters. The van der Waals surface area contributed by atoms with E-state index < -0.39 is 4.92 Å². The normalized spacial score (nSPS) is 10.3. The molecule has 0 aliphatic rings. The van der Waals surface area contributed by atoms with Gasteiger partial charge in [-0.3, -0.25) is 15.5 Å². The Morgan fingerprint density at radius 3 is 2.57 bits per heavy atom. The lowest BCUT2D eigenvalue weighted by Crippen LogP contribution is -2.12. The molecule has 21 heavy (non-hydrogen) atoms. The summed E-state index contributed by atoms with van der Waals surface area (Å²) in [7, 11) is 0. The highest BCUT2D eigenvalue weighted by atomic mass is 16.6. The number of aromatic nitrogens is 2. The number of nitrogen functional groups attached to an aromatic ring is 1. The topological polar surface area (TPSA) is 116 Å². The minimum Gasteiger partial charge on any atom is -0.433 e. The number of hydrazine groups is 1. The summed E-state index contributed by atoms with van der Waals surface area (Å²) in [5.74, 6) is 5.65. The molecule has 1 aromatic heterocycles. The first-order valence-electron chi connectivity index (χ1n) is 6.17. The number of nitrogens with one attached hydrogen (secondary N) is 1. The van der Waals surface area contributed by atoms with Gasteiger partial charge in [0.1, 0.15) is 11.4 Å². The zero-order valence-corrected chi connectivity index (χ0v) is 11.9. The van der Waals surface area contributed by atoms with Gasteiger partial charge in [0, 0.05) is 0 Å². The maximum absolute atomic E-state index is 11.2. The Balaban J connectivity index is 2.51. The van der Waals surface area contributed by atoms with Crippen molar-refractivity contribution in [2.75, 3.05) is 5.43 Å². The summed E-state index contributed by atoms with van der Waals surface area (Å²) >= 11 is 0. The van der Waals surface area contributed by atoms with Crippen LogP contribution in [0.25, 0.3) is 0 Å². The lowest BCUT2D eigenvalue weighted by molar-refractivity contribution is -0.386. The van der Waals surface area contributed by atoms with Crippen LogP contribution in [0.5, 0.6) is 11.6 Å². The van der Waals surface area contributed by atoms with Crippen molar-refractivity contribution in [3.63, 3.8) is 0 Å². The van der Waals surface area contributed by atoms with Gasteiger partial charge in [0.05, 0.1) is 4.92 Å². The Morgan fingerprint density at radius 2 is 2.00 bits per heavy atom. The van der Waals surface area contributed by atoms with Crippen LogP contribution in [-0.2, 0) is 0 Å². The second kappa shape index (κ2) is 5.71. The molecule has 0 fully saturated rings. The number of ether oxygens (including phenoxy) is 1. The number of aryl methyl sites for hydroxylation is 3. The molecule has 0 amide bonds. The fourth-order valence-electron chi connectivity index (χ4n) is 1.90. The van der Waals surface area contributed by atoms with Gasteiger partial charge in [-0.2, -0.15) is 4.98 Å². The lowest BCUT2D eigenvalue weighted by Gasteiger charge is -2.10. The van der Waals surface area contributed by atoms with Crippen LogP contribution in [-0.4, -0.2) is 14.9 Å². The summed E-state index contributed by atoms with van der Waals surface area (Å²) in [6, 6.07) is 5.50. The van der Waals surface area contributed by atoms with Crippen LogP contribution in [0.3, 0.4) is 0 Å². The van der Waals surface area contributed by atoms with Gasteiger partial charge in [0.15, 0.2) is 0 Å². The molecule has 0 radical (unpaired) electrons. The highest BCUT2D eigenvalue weighted by Gasteiger charge is 2.24. The summed E-state index contributed by atoms with van der Waals surface area (Å²) in [6.07, 6.45) is 0. The molecule has 0 saturated carbocycles. The van der Waals surface area contributed by atoms with E-state index in [2.05, 4.69) is 15.4 Å². The lowest BCUT2D eigenvalue weighted by atomic mass is 10.1. The van der Waals surface area contributed by atoms with Gasteiger partial charge < -0.3 is 4.74 Å². The van der Waals surface area contributed by atoms with Crippen LogP contribution in [0, 0.1) is 30.9 Å². The SMILES string of the molecule is Cc1ccc(Oc2nc(NN)nc(C)c2[N+](=O)[O-])c(C)c1. The van der Waals surface area contributed by atoms with Gasteiger partial charge in [-0.05, 0) is 32.4 Å². The first-order valence-corrected chi connectivity index (χ1v) is 6.17. The van der Waals surface area contributed by atoms with Gasteiger partial charge in [0.25, 0.3) is 0 Å². The predicted octanol–water partition coefficient (Wildman–Crippen LogP) is 2.39. The van der Waals surface area contributed by atoms with E-state index in [-0.39, 0.29) is 23.2 Å². The average Bonchev–Trinajstić information content (AvgIpc) is 2.40. The smallest absolute Gasteiger partial charge is 0.352 e. The minimum atomic E-state index is -0.575. The van der Waals surface area contributed by atoms with Crippen molar-refractivity contribution in [3.05, 3.63) is 45.1 Å². The molecule has 0 unspecified atom stereocenters. The fraction of sp³-hybridized carbons (Fsp3) is 0.231. The Labute approximate surface area is 121 Å². The molecule has 0 bridgehead atoms. The van der Waals surface area contributed by atoms with Crippen LogP contribution >= 0.6 is 0 Å². The van der Waals surface area contributed by atoms with E-state index in [1.807, 2.05) is 26.0 Å². The molecule has 1 aromatic carbocycles. The largest absolute Gasteiger partial charge is 0.433 e. The van der Waals surface area contributed by atoms with Crippen molar-refractivity contribution in [1.29, 1.82) is 0 Å². The number of benzene rings is 1. The second-order valence-corrected chi connectivity index (χ2v) is 4.56. The second-order valence-electron chi connectivity index (χ2n) is 4.56. The predicted molar refractivity (Wildman–Crippen MR) is 77.2 cm³/mol. The number of nitrogens with two attached hydrogens (primary N) is 1. The molecule has 8 heteroatoms. The van der Waals surface area contributed by atoms with Crippen molar-refractivity contribution in [1.82, 2.24) is 9.97 Å². The van der Waals surface area contributed by atoms with Crippen LogP contribution in [0.2, 0.25) is 0 Å². The first kappa shape index (κ1) is 14.7. The zero-order valence-electron chi connectivity index (χ0n) is 11.9. The van der Waals surface area contributed by atoms with Crippen molar-refractivity contribution < 1.29 is 9.66 Å². The van der Waals surface area contributed by atoms with E-state index in [9.17, 15) is 10.1 Å². The van der Waals surface area contributed by atoms with Gasteiger partial charge in [-0.15, -0.1) is 0 Å². The summed E-state index contributed by atoms with van der Waals surface area (Å²) in [6.45, 7) is 5.30. The quantitative estimate of drug-likeness (QED) is 0.504. The van der Waals surface area contributed by atoms with Crippen molar-refractivity contribution in [2.45, 2.75) is 20.8 Å². The van der Waals surface area contributed by atoms with Gasteiger partial charge in [0.2, 0.25) is 5.95 Å². The molecule has 8 nitrogen and oxygen atoms in total. The molecule has 110 valence electrons. The van der Waals surface area contributed by atoms with Crippen molar-refractivity contribution >= 4 is 11.6 Å². The first-order chi connectivity index (χ1) is 9.92. The third-order valence-electron chi connectivity index (χ3n) is 2.88. The summed E-state index contributed by atoms with van der Waals surface area (Å²) in [5, 5.41) is 11.2.